The summed E-state index contributed by atoms with van der Waals surface area (Å²) in [5.41, 5.74) is 0. The van der Waals surface area contributed by atoms with E-state index in [-0.39, 0.29) is 17.4 Å². The van der Waals surface area contributed by atoms with Gasteiger partial charge in [-0.05, 0) is 37.0 Å². The van der Waals surface area contributed by atoms with Gasteiger partial charge in [-0.2, -0.15) is 4.31 Å². The summed E-state index contributed by atoms with van der Waals surface area (Å²) in [6.07, 6.45) is 1.33. The zero-order valence-electron chi connectivity index (χ0n) is 11.3. The van der Waals surface area contributed by atoms with Crippen molar-refractivity contribution in [3.05, 3.63) is 23.2 Å². The van der Waals surface area contributed by atoms with E-state index in [1.165, 1.54) is 17.5 Å². The number of methoxy groups -OCH3 is 1. The number of ether oxygens (including phenoxy) is 1. The van der Waals surface area contributed by atoms with Crippen LogP contribution in [0.15, 0.2) is 23.1 Å². The number of aliphatic hydroxyl groups is 1. The average Bonchev–Trinajstić information content (AvgIpc) is 2.47. The molecule has 1 fully saturated rings. The van der Waals surface area contributed by atoms with Crippen molar-refractivity contribution in [2.45, 2.75) is 17.7 Å². The van der Waals surface area contributed by atoms with Gasteiger partial charge < -0.3 is 9.84 Å². The Morgan fingerprint density at radius 3 is 2.60 bits per heavy atom. The fourth-order valence-corrected chi connectivity index (χ4v) is 4.21. The highest BCUT2D eigenvalue weighted by atomic mass is 35.5. The van der Waals surface area contributed by atoms with Crippen molar-refractivity contribution >= 4 is 21.6 Å². The van der Waals surface area contributed by atoms with Crippen LogP contribution in [0.4, 0.5) is 0 Å². The van der Waals surface area contributed by atoms with Crippen LogP contribution in [-0.2, 0) is 10.0 Å². The predicted molar refractivity (Wildman–Crippen MR) is 76.6 cm³/mol. The Balaban J connectivity index is 2.29. The van der Waals surface area contributed by atoms with Gasteiger partial charge in [-0.3, -0.25) is 0 Å². The molecule has 5 nitrogen and oxygen atoms in total. The summed E-state index contributed by atoms with van der Waals surface area (Å²) in [7, 11) is -2.19. The Morgan fingerprint density at radius 1 is 1.40 bits per heavy atom. The largest absolute Gasteiger partial charge is 0.495 e. The molecule has 0 aromatic heterocycles. The van der Waals surface area contributed by atoms with E-state index in [0.717, 1.165) is 0 Å². The Labute approximate surface area is 124 Å². The average molecular weight is 320 g/mol. The van der Waals surface area contributed by atoms with Crippen molar-refractivity contribution in [3.63, 3.8) is 0 Å². The molecule has 1 saturated heterocycles. The maximum absolute atomic E-state index is 12.6. The summed E-state index contributed by atoms with van der Waals surface area (Å²) in [5.74, 6) is 0.474. The van der Waals surface area contributed by atoms with Crippen LogP contribution in [0.1, 0.15) is 12.8 Å². The van der Waals surface area contributed by atoms with Crippen LogP contribution < -0.4 is 4.74 Å². The fraction of sp³-hybridized carbons (Fsp3) is 0.538. The van der Waals surface area contributed by atoms with Gasteiger partial charge >= 0.3 is 0 Å². The highest BCUT2D eigenvalue weighted by molar-refractivity contribution is 7.89. The van der Waals surface area contributed by atoms with Crippen molar-refractivity contribution in [2.24, 2.45) is 5.92 Å². The lowest BCUT2D eigenvalue weighted by molar-refractivity contribution is 0.170. The molecular formula is C13H18ClNO4S. The second-order valence-corrected chi connectivity index (χ2v) is 7.17. The van der Waals surface area contributed by atoms with E-state index in [2.05, 4.69) is 0 Å². The van der Waals surface area contributed by atoms with E-state index in [9.17, 15) is 8.42 Å². The van der Waals surface area contributed by atoms with E-state index < -0.39 is 10.0 Å². The van der Waals surface area contributed by atoms with Crippen LogP contribution in [0.5, 0.6) is 5.75 Å². The second kappa shape index (κ2) is 6.30. The Bertz CT molecular complexity index is 568. The van der Waals surface area contributed by atoms with Crippen LogP contribution >= 0.6 is 11.6 Å². The Morgan fingerprint density at radius 2 is 2.05 bits per heavy atom. The minimum atomic E-state index is -3.62. The summed E-state index contributed by atoms with van der Waals surface area (Å²) < 4.78 is 31.8. The number of halogens is 1. The second-order valence-electron chi connectivity index (χ2n) is 4.83. The topological polar surface area (TPSA) is 66.8 Å². The number of nitrogens with zero attached hydrogens (tertiary/aromatic N) is 1. The Kier molecular flexibility index (Phi) is 4.90. The van der Waals surface area contributed by atoms with Crippen LogP contribution in [0.2, 0.25) is 5.02 Å². The standard InChI is InChI=1S/C13H18ClNO4S/c1-19-12-3-2-11(14)8-13(12)20(17,18)15-6-4-10(9-16)5-7-15/h2-3,8,10,16H,4-7,9H2,1H3. The number of piperidine rings is 1. The molecule has 0 unspecified atom stereocenters. The predicted octanol–water partition coefficient (Wildman–Crippen LogP) is 1.74. The molecule has 1 heterocycles. The third kappa shape index (κ3) is 3.09. The lowest BCUT2D eigenvalue weighted by Gasteiger charge is -2.30. The highest BCUT2D eigenvalue weighted by Gasteiger charge is 2.31. The minimum absolute atomic E-state index is 0.0925. The molecule has 0 radical (unpaired) electrons. The molecular weight excluding hydrogens is 302 g/mol. The first-order valence-corrected chi connectivity index (χ1v) is 8.25. The zero-order valence-corrected chi connectivity index (χ0v) is 12.8. The molecule has 0 atom stereocenters. The molecule has 0 bridgehead atoms. The van der Waals surface area contributed by atoms with Crippen molar-refractivity contribution < 1.29 is 18.3 Å². The van der Waals surface area contributed by atoms with Crippen LogP contribution in [0.3, 0.4) is 0 Å². The van der Waals surface area contributed by atoms with Crippen molar-refractivity contribution in [1.82, 2.24) is 4.31 Å². The summed E-state index contributed by atoms with van der Waals surface area (Å²) in [5, 5.41) is 9.47. The first-order chi connectivity index (χ1) is 9.48. The zero-order chi connectivity index (χ0) is 14.8. The molecule has 20 heavy (non-hydrogen) atoms. The SMILES string of the molecule is COc1ccc(Cl)cc1S(=O)(=O)N1CCC(CO)CC1. The third-order valence-electron chi connectivity index (χ3n) is 3.58. The molecule has 1 aliphatic rings. The first-order valence-electron chi connectivity index (χ1n) is 6.43. The number of rotatable bonds is 4. The molecule has 1 aliphatic heterocycles. The fourth-order valence-electron chi connectivity index (χ4n) is 2.32. The third-order valence-corrected chi connectivity index (χ3v) is 5.73. The molecule has 7 heteroatoms. The van der Waals surface area contributed by atoms with Crippen LogP contribution in [0, 0.1) is 5.92 Å². The summed E-state index contributed by atoms with van der Waals surface area (Å²) in [6, 6.07) is 4.56. The molecule has 2 rings (SSSR count). The van der Waals surface area contributed by atoms with Gasteiger partial charge in [0.15, 0.2) is 0 Å². The minimum Gasteiger partial charge on any atom is -0.495 e. The van der Waals surface area contributed by atoms with Gasteiger partial charge in [-0.25, -0.2) is 8.42 Å². The smallest absolute Gasteiger partial charge is 0.246 e. The quantitative estimate of drug-likeness (QED) is 0.918. The molecule has 0 spiro atoms. The Hall–Kier alpha value is -0.820. The summed E-state index contributed by atoms with van der Waals surface area (Å²) in [4.78, 5) is 0.0925. The normalized spacial score (nSPS) is 18.1. The molecule has 112 valence electrons. The number of benzene rings is 1. The summed E-state index contributed by atoms with van der Waals surface area (Å²) in [6.45, 7) is 0.917. The number of sulfonamides is 1. The van der Waals surface area contributed by atoms with E-state index in [1.54, 1.807) is 12.1 Å². The maximum Gasteiger partial charge on any atom is 0.246 e. The number of hydrogen-bond donors (Lipinski definition) is 1. The lowest BCUT2D eigenvalue weighted by Crippen LogP contribution is -2.39. The van der Waals surface area contributed by atoms with Gasteiger partial charge in [0.25, 0.3) is 0 Å². The molecule has 1 aromatic carbocycles. The number of hydrogen-bond acceptors (Lipinski definition) is 4. The van der Waals surface area contributed by atoms with Crippen molar-refractivity contribution in [3.8, 4) is 5.75 Å². The van der Waals surface area contributed by atoms with Gasteiger partial charge in [0.1, 0.15) is 10.6 Å². The van der Waals surface area contributed by atoms with Crippen LogP contribution in [-0.4, -0.2) is 44.6 Å². The van der Waals surface area contributed by atoms with E-state index >= 15 is 0 Å². The molecule has 0 saturated carbocycles. The van der Waals surface area contributed by atoms with Gasteiger partial charge in [-0.15, -0.1) is 0 Å². The summed E-state index contributed by atoms with van der Waals surface area (Å²) >= 11 is 5.89. The highest BCUT2D eigenvalue weighted by Crippen LogP contribution is 2.31. The van der Waals surface area contributed by atoms with Gasteiger partial charge in [0.05, 0.1) is 7.11 Å². The molecule has 1 aromatic rings. The van der Waals surface area contributed by atoms with E-state index in [4.69, 9.17) is 21.4 Å². The monoisotopic (exact) mass is 319 g/mol. The molecule has 0 aliphatic carbocycles. The van der Waals surface area contributed by atoms with Crippen LogP contribution in [0.25, 0.3) is 0 Å². The van der Waals surface area contributed by atoms with Gasteiger partial charge in [0.2, 0.25) is 10.0 Å². The molecule has 0 amide bonds. The molecule has 1 N–H and O–H groups in total. The van der Waals surface area contributed by atoms with Crippen molar-refractivity contribution in [2.75, 3.05) is 26.8 Å². The van der Waals surface area contributed by atoms with Gasteiger partial charge in [-0.1, -0.05) is 11.6 Å². The van der Waals surface area contributed by atoms with Crippen molar-refractivity contribution in [1.29, 1.82) is 0 Å². The van der Waals surface area contributed by atoms with Gasteiger partial charge in [0, 0.05) is 24.7 Å². The maximum atomic E-state index is 12.6. The first kappa shape index (κ1) is 15.6. The number of aliphatic hydroxyl groups excluding tert-OH is 1. The lowest BCUT2D eigenvalue weighted by atomic mass is 10.00. The van der Waals surface area contributed by atoms with E-state index in [1.807, 2.05) is 0 Å². The van der Waals surface area contributed by atoms with E-state index in [0.29, 0.717) is 36.7 Å².